The van der Waals surface area contributed by atoms with E-state index < -0.39 is 0 Å². The summed E-state index contributed by atoms with van der Waals surface area (Å²) in [4.78, 5) is 25.8. The number of ether oxygens (including phenoxy) is 1. The van der Waals surface area contributed by atoms with Gasteiger partial charge in [0.25, 0.3) is 0 Å². The number of amides is 1. The van der Waals surface area contributed by atoms with Crippen LogP contribution < -0.4 is 15.4 Å². The summed E-state index contributed by atoms with van der Waals surface area (Å²) in [6, 6.07) is 12.9. The number of nitrogens with zero attached hydrogens (tertiary/aromatic N) is 4. The highest BCUT2D eigenvalue weighted by Crippen LogP contribution is 2.31. The van der Waals surface area contributed by atoms with Gasteiger partial charge in [-0.3, -0.25) is 14.7 Å². The number of aromatic hydroxyl groups is 1. The standard InChI is InChI=1S/C26H32N6O3/c1-18(28-25-16-27-15-22(30-25)20-6-9-23(33)24(14-20)35-3)19-4-7-21(8-5-19)29-26(34)17-32-12-10-31(2)11-13-32/h4-9,14-16,18,33H,10-13,17H2,1-3H3,(H,28,30)(H,29,34)/t18-/m1/s1. The van der Waals surface area contributed by atoms with Gasteiger partial charge in [0.1, 0.15) is 5.82 Å². The number of carbonyl (C=O) groups excluding carboxylic acids is 1. The molecule has 0 saturated carbocycles. The molecule has 9 nitrogen and oxygen atoms in total. The van der Waals surface area contributed by atoms with Gasteiger partial charge >= 0.3 is 0 Å². The van der Waals surface area contributed by atoms with E-state index in [1.165, 1.54) is 7.11 Å². The molecule has 0 spiro atoms. The van der Waals surface area contributed by atoms with Crippen LogP contribution in [0, 0.1) is 0 Å². The molecule has 1 atom stereocenters. The number of aromatic nitrogens is 2. The van der Waals surface area contributed by atoms with Gasteiger partial charge in [0.05, 0.1) is 31.7 Å². The van der Waals surface area contributed by atoms with E-state index >= 15 is 0 Å². The fraction of sp³-hybridized carbons (Fsp3) is 0.346. The van der Waals surface area contributed by atoms with Crippen LogP contribution in [0.5, 0.6) is 11.5 Å². The number of hydrogen-bond acceptors (Lipinski definition) is 8. The second-order valence-electron chi connectivity index (χ2n) is 8.79. The quantitative estimate of drug-likeness (QED) is 0.456. The lowest BCUT2D eigenvalue weighted by atomic mass is 10.1. The third kappa shape index (κ3) is 6.46. The number of phenols is 1. The Labute approximate surface area is 205 Å². The summed E-state index contributed by atoms with van der Waals surface area (Å²) in [5, 5.41) is 16.2. The van der Waals surface area contributed by atoms with Crippen molar-refractivity contribution in [1.29, 1.82) is 0 Å². The summed E-state index contributed by atoms with van der Waals surface area (Å²) in [5.41, 5.74) is 3.29. The molecule has 0 bridgehead atoms. The highest BCUT2D eigenvalue weighted by Gasteiger charge is 2.17. The molecule has 0 unspecified atom stereocenters. The molecule has 3 aromatic rings. The van der Waals surface area contributed by atoms with Crippen molar-refractivity contribution in [3.05, 3.63) is 60.4 Å². The number of methoxy groups -OCH3 is 1. The summed E-state index contributed by atoms with van der Waals surface area (Å²) < 4.78 is 5.19. The Morgan fingerprint density at radius 1 is 1.11 bits per heavy atom. The van der Waals surface area contributed by atoms with Gasteiger partial charge in [-0.2, -0.15) is 0 Å². The van der Waals surface area contributed by atoms with Crippen LogP contribution in [0.3, 0.4) is 0 Å². The van der Waals surface area contributed by atoms with Crippen LogP contribution >= 0.6 is 0 Å². The van der Waals surface area contributed by atoms with Crippen LogP contribution in [-0.4, -0.2) is 77.7 Å². The van der Waals surface area contributed by atoms with Crippen LogP contribution in [0.2, 0.25) is 0 Å². The predicted molar refractivity (Wildman–Crippen MR) is 137 cm³/mol. The van der Waals surface area contributed by atoms with Crippen LogP contribution in [0.25, 0.3) is 11.3 Å². The number of piperazine rings is 1. The molecule has 4 rings (SSSR count). The second-order valence-corrected chi connectivity index (χ2v) is 8.79. The fourth-order valence-corrected chi connectivity index (χ4v) is 3.98. The van der Waals surface area contributed by atoms with Crippen molar-refractivity contribution in [3.8, 4) is 22.8 Å². The topological polar surface area (TPSA) is 103 Å². The van der Waals surface area contributed by atoms with Gasteiger partial charge in [-0.1, -0.05) is 12.1 Å². The average Bonchev–Trinajstić information content (AvgIpc) is 2.86. The Bertz CT molecular complexity index is 1150. The summed E-state index contributed by atoms with van der Waals surface area (Å²) >= 11 is 0. The van der Waals surface area contributed by atoms with Crippen molar-refractivity contribution >= 4 is 17.4 Å². The maximum Gasteiger partial charge on any atom is 0.238 e. The molecule has 1 amide bonds. The minimum Gasteiger partial charge on any atom is -0.504 e. The van der Waals surface area contributed by atoms with Crippen LogP contribution in [0.1, 0.15) is 18.5 Å². The molecule has 184 valence electrons. The first-order chi connectivity index (χ1) is 16.9. The first-order valence-corrected chi connectivity index (χ1v) is 11.7. The molecule has 3 N–H and O–H groups in total. The van der Waals surface area contributed by atoms with Gasteiger partial charge in [-0.15, -0.1) is 0 Å². The van der Waals surface area contributed by atoms with Gasteiger partial charge < -0.3 is 25.4 Å². The number of benzene rings is 2. The van der Waals surface area contributed by atoms with E-state index in [1.54, 1.807) is 30.6 Å². The first kappa shape index (κ1) is 24.4. The fourth-order valence-electron chi connectivity index (χ4n) is 3.98. The zero-order valence-corrected chi connectivity index (χ0v) is 20.4. The molecule has 1 saturated heterocycles. The van der Waals surface area contributed by atoms with E-state index in [-0.39, 0.29) is 17.7 Å². The predicted octanol–water partition coefficient (Wildman–Crippen LogP) is 3.22. The largest absolute Gasteiger partial charge is 0.504 e. The molecule has 35 heavy (non-hydrogen) atoms. The van der Waals surface area contributed by atoms with Gasteiger partial charge in [-0.05, 0) is 49.9 Å². The normalized spacial score (nSPS) is 15.4. The number of phenolic OH excluding ortho intramolecular Hbond substituents is 1. The molecular formula is C26H32N6O3. The third-order valence-corrected chi connectivity index (χ3v) is 6.13. The monoisotopic (exact) mass is 476 g/mol. The number of carbonyl (C=O) groups is 1. The van der Waals surface area contributed by atoms with Gasteiger partial charge in [-0.25, -0.2) is 4.98 Å². The zero-order valence-electron chi connectivity index (χ0n) is 20.4. The van der Waals surface area contributed by atoms with Crippen molar-refractivity contribution in [2.75, 3.05) is 57.5 Å². The van der Waals surface area contributed by atoms with Crippen LogP contribution in [-0.2, 0) is 4.79 Å². The first-order valence-electron chi connectivity index (χ1n) is 11.7. The van der Waals surface area contributed by atoms with Crippen LogP contribution in [0.4, 0.5) is 11.5 Å². The molecular weight excluding hydrogens is 444 g/mol. The van der Waals surface area contributed by atoms with E-state index in [1.807, 2.05) is 31.2 Å². The lowest BCUT2D eigenvalue weighted by Crippen LogP contribution is -2.47. The number of anilines is 2. The van der Waals surface area contributed by atoms with E-state index in [2.05, 4.69) is 37.4 Å². The molecule has 1 aromatic heterocycles. The average molecular weight is 477 g/mol. The SMILES string of the molecule is COc1cc(-c2cncc(N[C@H](C)c3ccc(NC(=O)CN4CCN(C)CC4)cc3)n2)ccc1O. The van der Waals surface area contributed by atoms with E-state index in [4.69, 9.17) is 4.74 Å². The van der Waals surface area contributed by atoms with Crippen LogP contribution in [0.15, 0.2) is 54.9 Å². The Morgan fingerprint density at radius 2 is 1.86 bits per heavy atom. The summed E-state index contributed by atoms with van der Waals surface area (Å²) in [6.07, 6.45) is 3.34. The maximum absolute atomic E-state index is 12.4. The summed E-state index contributed by atoms with van der Waals surface area (Å²) in [5.74, 6) is 1.09. The van der Waals surface area contributed by atoms with Crippen molar-refractivity contribution in [2.24, 2.45) is 0 Å². The van der Waals surface area contributed by atoms with E-state index in [0.717, 1.165) is 43.0 Å². The van der Waals surface area contributed by atoms with Crippen molar-refractivity contribution in [2.45, 2.75) is 13.0 Å². The molecule has 2 heterocycles. The molecule has 0 radical (unpaired) electrons. The van der Waals surface area contributed by atoms with Gasteiger partial charge in [0.2, 0.25) is 5.91 Å². The third-order valence-electron chi connectivity index (χ3n) is 6.13. The number of nitrogens with one attached hydrogen (secondary N) is 2. The molecule has 0 aliphatic carbocycles. The smallest absolute Gasteiger partial charge is 0.238 e. The molecule has 2 aromatic carbocycles. The van der Waals surface area contributed by atoms with Gasteiger partial charge in [0, 0.05) is 43.5 Å². The minimum absolute atomic E-state index is 0.00595. The molecule has 1 aliphatic heterocycles. The van der Waals surface area contributed by atoms with Crippen molar-refractivity contribution < 1.29 is 14.6 Å². The van der Waals surface area contributed by atoms with Gasteiger partial charge in [0.15, 0.2) is 11.5 Å². The van der Waals surface area contributed by atoms with Crippen molar-refractivity contribution in [1.82, 2.24) is 19.8 Å². The highest BCUT2D eigenvalue weighted by molar-refractivity contribution is 5.92. The number of hydrogen-bond donors (Lipinski definition) is 3. The van der Waals surface area contributed by atoms with Crippen molar-refractivity contribution in [3.63, 3.8) is 0 Å². The highest BCUT2D eigenvalue weighted by atomic mass is 16.5. The maximum atomic E-state index is 12.4. The lowest BCUT2D eigenvalue weighted by molar-refractivity contribution is -0.117. The molecule has 1 aliphatic rings. The second kappa shape index (κ2) is 11.2. The molecule has 9 heteroatoms. The molecule has 1 fully saturated rings. The van der Waals surface area contributed by atoms with E-state index in [0.29, 0.717) is 23.8 Å². The zero-order chi connectivity index (χ0) is 24.8. The number of likely N-dealkylation sites (N-methyl/N-ethyl adjacent to an activating group) is 1. The minimum atomic E-state index is -0.0241. The Morgan fingerprint density at radius 3 is 2.57 bits per heavy atom. The Balaban J connectivity index is 1.35. The summed E-state index contributed by atoms with van der Waals surface area (Å²) in [7, 11) is 3.61. The van der Waals surface area contributed by atoms with E-state index in [9.17, 15) is 9.90 Å². The number of rotatable bonds is 8. The Hall–Kier alpha value is -3.69. The summed E-state index contributed by atoms with van der Waals surface area (Å²) in [6.45, 7) is 6.26. The lowest BCUT2D eigenvalue weighted by Gasteiger charge is -2.31. The Kier molecular flexibility index (Phi) is 7.79.